The van der Waals surface area contributed by atoms with Crippen molar-refractivity contribution in [2.45, 2.75) is 25.3 Å². The van der Waals surface area contributed by atoms with Crippen molar-refractivity contribution < 1.29 is 23.1 Å². The lowest BCUT2D eigenvalue weighted by Crippen LogP contribution is -2.39. The standard InChI is InChI=1S/C25H26ClN3O5S/c1-3-34-24-14-19(10-13-23(24)30)15-27-28-25(31)17-29(16-20-6-4-5-7-22(20)26)35(32,33)21-11-8-18(2)9-12-21/h4-15,30H,3,16-17H2,1-2H3,(H,28,31)/b27-15-. The van der Waals surface area contributed by atoms with Crippen LogP contribution < -0.4 is 10.2 Å². The van der Waals surface area contributed by atoms with Gasteiger partial charge in [0.05, 0.1) is 24.3 Å². The van der Waals surface area contributed by atoms with Gasteiger partial charge < -0.3 is 9.84 Å². The van der Waals surface area contributed by atoms with Gasteiger partial charge in [0, 0.05) is 11.6 Å². The first-order valence-electron chi connectivity index (χ1n) is 10.8. The van der Waals surface area contributed by atoms with E-state index in [1.54, 1.807) is 55.5 Å². The molecule has 3 rings (SSSR count). The molecule has 8 nitrogen and oxygen atoms in total. The first kappa shape index (κ1) is 26.2. The molecule has 0 saturated carbocycles. The number of hydrogen-bond acceptors (Lipinski definition) is 6. The van der Waals surface area contributed by atoms with E-state index in [0.717, 1.165) is 9.87 Å². The van der Waals surface area contributed by atoms with Gasteiger partial charge in [-0.3, -0.25) is 4.79 Å². The average molecular weight is 516 g/mol. The van der Waals surface area contributed by atoms with E-state index in [4.69, 9.17) is 16.3 Å². The Morgan fingerprint density at radius 3 is 2.54 bits per heavy atom. The van der Waals surface area contributed by atoms with Crippen LogP contribution in [0.4, 0.5) is 0 Å². The molecule has 2 N–H and O–H groups in total. The summed E-state index contributed by atoms with van der Waals surface area (Å²) in [6.45, 7) is 3.46. The second kappa shape index (κ2) is 11.8. The third kappa shape index (κ3) is 7.05. The number of amides is 1. The minimum absolute atomic E-state index is 0.00966. The molecule has 0 atom stereocenters. The molecule has 0 unspecified atom stereocenters. The largest absolute Gasteiger partial charge is 0.504 e. The third-order valence-electron chi connectivity index (χ3n) is 4.97. The molecular weight excluding hydrogens is 490 g/mol. The average Bonchev–Trinajstić information content (AvgIpc) is 2.82. The highest BCUT2D eigenvalue weighted by molar-refractivity contribution is 7.89. The van der Waals surface area contributed by atoms with Crippen molar-refractivity contribution in [1.82, 2.24) is 9.73 Å². The predicted molar refractivity (Wildman–Crippen MR) is 135 cm³/mol. The number of hydrogen-bond donors (Lipinski definition) is 2. The van der Waals surface area contributed by atoms with Crippen LogP contribution in [0.15, 0.2) is 76.7 Å². The van der Waals surface area contributed by atoms with Crippen LogP contribution in [0.1, 0.15) is 23.6 Å². The Morgan fingerprint density at radius 2 is 1.86 bits per heavy atom. The van der Waals surface area contributed by atoms with Gasteiger partial charge in [0.2, 0.25) is 10.0 Å². The molecule has 0 radical (unpaired) electrons. The molecule has 0 aliphatic heterocycles. The maximum Gasteiger partial charge on any atom is 0.255 e. The SMILES string of the molecule is CCOc1cc(/C=N\NC(=O)CN(Cc2ccccc2Cl)S(=O)(=O)c2ccc(C)cc2)ccc1O. The number of ether oxygens (including phenoxy) is 1. The summed E-state index contributed by atoms with van der Waals surface area (Å²) < 4.78 is 33.1. The van der Waals surface area contributed by atoms with Gasteiger partial charge in [-0.15, -0.1) is 0 Å². The molecule has 0 saturated heterocycles. The first-order chi connectivity index (χ1) is 16.7. The van der Waals surface area contributed by atoms with Gasteiger partial charge >= 0.3 is 0 Å². The molecule has 0 fully saturated rings. The van der Waals surface area contributed by atoms with E-state index < -0.39 is 22.5 Å². The van der Waals surface area contributed by atoms with Gasteiger partial charge in [0.15, 0.2) is 11.5 Å². The Bertz CT molecular complexity index is 1310. The third-order valence-corrected chi connectivity index (χ3v) is 7.14. The van der Waals surface area contributed by atoms with E-state index in [-0.39, 0.29) is 22.9 Å². The Balaban J connectivity index is 1.78. The number of benzene rings is 3. The number of carbonyl (C=O) groups excluding carboxylic acids is 1. The highest BCUT2D eigenvalue weighted by Crippen LogP contribution is 2.26. The van der Waals surface area contributed by atoms with E-state index in [0.29, 0.717) is 22.8 Å². The molecule has 0 aliphatic rings. The number of halogens is 1. The summed E-state index contributed by atoms with van der Waals surface area (Å²) in [7, 11) is -4.00. The zero-order chi connectivity index (χ0) is 25.4. The summed E-state index contributed by atoms with van der Waals surface area (Å²) >= 11 is 6.25. The summed E-state index contributed by atoms with van der Waals surface area (Å²) in [6.07, 6.45) is 1.37. The Morgan fingerprint density at radius 1 is 1.14 bits per heavy atom. The summed E-state index contributed by atoms with van der Waals surface area (Å²) in [4.78, 5) is 12.7. The molecule has 1 amide bonds. The first-order valence-corrected chi connectivity index (χ1v) is 12.6. The number of aryl methyl sites for hydroxylation is 1. The van der Waals surface area contributed by atoms with Crippen LogP contribution in [0.5, 0.6) is 11.5 Å². The second-order valence-corrected chi connectivity index (χ2v) is 9.98. The molecule has 0 bridgehead atoms. The fourth-order valence-electron chi connectivity index (χ4n) is 3.16. The maximum absolute atomic E-state index is 13.3. The molecule has 35 heavy (non-hydrogen) atoms. The molecule has 184 valence electrons. The van der Waals surface area contributed by atoms with E-state index in [1.165, 1.54) is 24.4 Å². The number of carbonyl (C=O) groups is 1. The van der Waals surface area contributed by atoms with E-state index in [9.17, 15) is 18.3 Å². The van der Waals surface area contributed by atoms with Crippen molar-refractivity contribution in [3.05, 3.63) is 88.4 Å². The second-order valence-electron chi connectivity index (χ2n) is 7.63. The number of aromatic hydroxyl groups is 1. The molecule has 0 heterocycles. The van der Waals surface area contributed by atoms with Crippen molar-refractivity contribution >= 4 is 33.7 Å². The number of nitrogens with one attached hydrogen (secondary N) is 1. The van der Waals surface area contributed by atoms with Crippen LogP contribution >= 0.6 is 11.6 Å². The minimum Gasteiger partial charge on any atom is -0.504 e. The highest BCUT2D eigenvalue weighted by atomic mass is 35.5. The van der Waals surface area contributed by atoms with Gasteiger partial charge in [-0.2, -0.15) is 9.41 Å². The quantitative estimate of drug-likeness (QED) is 0.312. The molecule has 0 spiro atoms. The zero-order valence-electron chi connectivity index (χ0n) is 19.3. The molecule has 0 aliphatic carbocycles. The van der Waals surface area contributed by atoms with Gasteiger partial charge in [-0.1, -0.05) is 47.5 Å². The normalized spacial score (nSPS) is 11.7. The molecule has 3 aromatic rings. The Labute approximate surface area is 209 Å². The lowest BCUT2D eigenvalue weighted by molar-refractivity contribution is -0.121. The fraction of sp³-hybridized carbons (Fsp3) is 0.200. The van der Waals surface area contributed by atoms with E-state index in [2.05, 4.69) is 10.5 Å². The van der Waals surface area contributed by atoms with Crippen LogP contribution in [0.3, 0.4) is 0 Å². The Hall–Kier alpha value is -3.40. The van der Waals surface area contributed by atoms with Crippen molar-refractivity contribution in [2.24, 2.45) is 5.10 Å². The molecule has 0 aromatic heterocycles. The van der Waals surface area contributed by atoms with Crippen molar-refractivity contribution in [3.63, 3.8) is 0 Å². The molecule has 3 aromatic carbocycles. The highest BCUT2D eigenvalue weighted by Gasteiger charge is 2.27. The topological polar surface area (TPSA) is 108 Å². The summed E-state index contributed by atoms with van der Waals surface area (Å²) in [5.74, 6) is -0.352. The lowest BCUT2D eigenvalue weighted by Gasteiger charge is -2.22. The van der Waals surface area contributed by atoms with Crippen molar-refractivity contribution in [2.75, 3.05) is 13.2 Å². The Kier molecular flexibility index (Phi) is 8.86. The molecular formula is C25H26ClN3O5S. The van der Waals surface area contributed by atoms with Crippen LogP contribution in [-0.2, 0) is 21.4 Å². The van der Waals surface area contributed by atoms with Gasteiger partial charge in [0.25, 0.3) is 5.91 Å². The van der Waals surface area contributed by atoms with Gasteiger partial charge in [-0.05, 0) is 61.4 Å². The van der Waals surface area contributed by atoms with Crippen LogP contribution in [0.2, 0.25) is 5.02 Å². The fourth-order valence-corrected chi connectivity index (χ4v) is 4.73. The lowest BCUT2D eigenvalue weighted by atomic mass is 10.2. The predicted octanol–water partition coefficient (Wildman–Crippen LogP) is 4.09. The van der Waals surface area contributed by atoms with Crippen LogP contribution in [0, 0.1) is 6.92 Å². The summed E-state index contributed by atoms with van der Waals surface area (Å²) in [5, 5.41) is 14.1. The van der Waals surface area contributed by atoms with Crippen LogP contribution in [0.25, 0.3) is 0 Å². The maximum atomic E-state index is 13.3. The smallest absolute Gasteiger partial charge is 0.255 e. The van der Waals surface area contributed by atoms with Crippen molar-refractivity contribution in [1.29, 1.82) is 0 Å². The monoisotopic (exact) mass is 515 g/mol. The van der Waals surface area contributed by atoms with E-state index >= 15 is 0 Å². The minimum atomic E-state index is -4.00. The van der Waals surface area contributed by atoms with E-state index in [1.807, 2.05) is 6.92 Å². The number of hydrazone groups is 1. The van der Waals surface area contributed by atoms with Gasteiger partial charge in [-0.25, -0.2) is 13.8 Å². The number of phenolic OH excluding ortho intramolecular Hbond substituents is 1. The van der Waals surface area contributed by atoms with Gasteiger partial charge in [0.1, 0.15) is 0 Å². The zero-order valence-corrected chi connectivity index (χ0v) is 20.9. The number of nitrogens with zero attached hydrogens (tertiary/aromatic N) is 2. The van der Waals surface area contributed by atoms with Crippen molar-refractivity contribution in [3.8, 4) is 11.5 Å². The number of phenols is 1. The van der Waals surface area contributed by atoms with Crippen LogP contribution in [-0.4, -0.2) is 43.1 Å². The number of rotatable bonds is 10. The summed E-state index contributed by atoms with van der Waals surface area (Å²) in [5.41, 5.74) is 4.40. The number of sulfonamides is 1. The summed E-state index contributed by atoms with van der Waals surface area (Å²) in [6, 6.07) is 17.9. The molecule has 10 heteroatoms.